The molecule has 0 aliphatic heterocycles. The quantitative estimate of drug-likeness (QED) is 0.590. The lowest BCUT2D eigenvalue weighted by Gasteiger charge is -2.34. The Morgan fingerprint density at radius 2 is 1.70 bits per heavy atom. The van der Waals surface area contributed by atoms with E-state index in [0.717, 1.165) is 5.56 Å². The van der Waals surface area contributed by atoms with Gasteiger partial charge in [-0.05, 0) is 38.7 Å². The summed E-state index contributed by atoms with van der Waals surface area (Å²) in [7, 11) is -3.67. The second-order valence-electron chi connectivity index (χ2n) is 8.14. The lowest BCUT2D eigenvalue weighted by molar-refractivity contribution is 0.0974. The second kappa shape index (κ2) is 9.52. The molecule has 0 fully saturated rings. The van der Waals surface area contributed by atoms with Gasteiger partial charge in [0, 0.05) is 13.1 Å². The minimum absolute atomic E-state index is 0.0642. The summed E-state index contributed by atoms with van der Waals surface area (Å²) >= 11 is 0. The maximum Gasteiger partial charge on any atom is 0.404 e. The highest BCUT2D eigenvalue weighted by Gasteiger charge is 2.37. The van der Waals surface area contributed by atoms with E-state index in [1.54, 1.807) is 20.8 Å². The maximum absolute atomic E-state index is 12.9. The van der Waals surface area contributed by atoms with Crippen molar-refractivity contribution in [2.45, 2.75) is 57.9 Å². The summed E-state index contributed by atoms with van der Waals surface area (Å²) in [4.78, 5) is 11.2. The van der Waals surface area contributed by atoms with Crippen molar-refractivity contribution in [3.63, 3.8) is 0 Å². The Labute approximate surface area is 162 Å². The zero-order valence-electron chi connectivity index (χ0n) is 16.7. The van der Waals surface area contributed by atoms with E-state index in [1.165, 1.54) is 4.31 Å². The van der Waals surface area contributed by atoms with E-state index in [1.807, 2.05) is 44.2 Å². The number of benzene rings is 1. The van der Waals surface area contributed by atoms with Crippen LogP contribution in [-0.2, 0) is 16.4 Å². The summed E-state index contributed by atoms with van der Waals surface area (Å²) in [6.07, 6.45) is -2.18. The van der Waals surface area contributed by atoms with Crippen LogP contribution in [0.3, 0.4) is 0 Å². The predicted molar refractivity (Wildman–Crippen MR) is 106 cm³/mol. The number of rotatable bonds is 9. The summed E-state index contributed by atoms with van der Waals surface area (Å²) in [6.45, 7) is 8.71. The third-order valence-electron chi connectivity index (χ3n) is 4.15. The molecule has 0 saturated carbocycles. The van der Waals surface area contributed by atoms with E-state index in [2.05, 4.69) is 5.32 Å². The zero-order valence-corrected chi connectivity index (χ0v) is 17.5. The lowest BCUT2D eigenvalue weighted by Crippen LogP contribution is -2.53. The fraction of sp³-hybridized carbons (Fsp3) is 0.632. The van der Waals surface area contributed by atoms with Crippen LogP contribution < -0.4 is 5.32 Å². The fourth-order valence-electron chi connectivity index (χ4n) is 2.71. The van der Waals surface area contributed by atoms with Crippen molar-refractivity contribution in [1.29, 1.82) is 0 Å². The van der Waals surface area contributed by atoms with Gasteiger partial charge in [0.15, 0.2) is 0 Å². The Morgan fingerprint density at radius 1 is 1.15 bits per heavy atom. The van der Waals surface area contributed by atoms with Gasteiger partial charge in [-0.25, -0.2) is 13.2 Å². The van der Waals surface area contributed by atoms with Gasteiger partial charge in [-0.15, -0.1) is 0 Å². The van der Waals surface area contributed by atoms with Gasteiger partial charge in [0.2, 0.25) is 10.0 Å². The number of carboxylic acid groups (broad SMARTS) is 1. The molecular formula is C19H32N2O5S. The molecule has 0 radical (unpaired) electrons. The average molecular weight is 401 g/mol. The molecule has 7 nitrogen and oxygen atoms in total. The van der Waals surface area contributed by atoms with E-state index in [4.69, 9.17) is 5.11 Å². The summed E-state index contributed by atoms with van der Waals surface area (Å²) in [6, 6.07) is 8.35. The van der Waals surface area contributed by atoms with Crippen molar-refractivity contribution >= 4 is 16.1 Å². The number of nitrogens with one attached hydrogen (secondary N) is 1. The number of aliphatic hydroxyl groups is 1. The largest absolute Gasteiger partial charge is 0.465 e. The Hall–Kier alpha value is -1.64. The number of hydrogen-bond donors (Lipinski definition) is 3. The van der Waals surface area contributed by atoms with Crippen molar-refractivity contribution in [2.24, 2.45) is 5.92 Å². The first-order valence-electron chi connectivity index (χ1n) is 9.05. The van der Waals surface area contributed by atoms with Gasteiger partial charge in [0.25, 0.3) is 0 Å². The van der Waals surface area contributed by atoms with Crippen LogP contribution in [0.2, 0.25) is 0 Å². The number of nitrogens with zero attached hydrogens (tertiary/aromatic N) is 1. The molecule has 1 amide bonds. The Kier molecular flexibility index (Phi) is 8.25. The Balaban J connectivity index is 3.06. The van der Waals surface area contributed by atoms with Crippen molar-refractivity contribution in [2.75, 3.05) is 13.1 Å². The van der Waals surface area contributed by atoms with Gasteiger partial charge in [-0.3, -0.25) is 0 Å². The Morgan fingerprint density at radius 3 is 2.15 bits per heavy atom. The SMILES string of the molecule is CC(C)CN(C[C@@H](O)[C@H](Cc1ccccc1)NC(=O)O)S(=O)(=O)C(C)(C)C. The molecule has 27 heavy (non-hydrogen) atoms. The van der Waals surface area contributed by atoms with E-state index >= 15 is 0 Å². The topological polar surface area (TPSA) is 107 Å². The monoisotopic (exact) mass is 400 g/mol. The molecule has 3 N–H and O–H groups in total. The van der Waals surface area contributed by atoms with Crippen LogP contribution in [-0.4, -0.2) is 59.0 Å². The van der Waals surface area contributed by atoms with Crippen molar-refractivity contribution < 1.29 is 23.4 Å². The van der Waals surface area contributed by atoms with Gasteiger partial charge in [0.1, 0.15) is 0 Å². The van der Waals surface area contributed by atoms with Crippen LogP contribution >= 0.6 is 0 Å². The normalized spacial score (nSPS) is 15.0. The smallest absolute Gasteiger partial charge is 0.404 e. The molecule has 1 rings (SSSR count). The molecule has 0 spiro atoms. The number of sulfonamides is 1. The molecule has 0 saturated heterocycles. The van der Waals surface area contributed by atoms with Crippen molar-refractivity contribution in [1.82, 2.24) is 9.62 Å². The minimum atomic E-state index is -3.67. The third-order valence-corrected chi connectivity index (χ3v) is 6.67. The first-order chi connectivity index (χ1) is 12.3. The minimum Gasteiger partial charge on any atom is -0.465 e. The standard InChI is InChI=1S/C19H32N2O5S/c1-14(2)12-21(27(25,26)19(3,4)5)13-17(22)16(20-18(23)24)11-15-9-7-6-8-10-15/h6-10,14,16-17,20,22H,11-13H2,1-5H3,(H,23,24)/t16-,17+/m0/s1. The highest BCUT2D eigenvalue weighted by atomic mass is 32.2. The molecule has 154 valence electrons. The molecule has 8 heteroatoms. The third kappa shape index (κ3) is 7.12. The molecule has 0 unspecified atom stereocenters. The molecule has 1 aromatic rings. The first-order valence-corrected chi connectivity index (χ1v) is 10.5. The summed E-state index contributed by atoms with van der Waals surface area (Å²) < 4.78 is 26.1. The molecule has 0 aromatic heterocycles. The van der Waals surface area contributed by atoms with E-state index in [0.29, 0.717) is 0 Å². The highest BCUT2D eigenvalue weighted by Crippen LogP contribution is 2.22. The molecule has 0 heterocycles. The van der Waals surface area contributed by atoms with E-state index in [9.17, 15) is 18.3 Å². The van der Waals surface area contributed by atoms with E-state index in [-0.39, 0.29) is 25.4 Å². The van der Waals surface area contributed by atoms with Gasteiger partial charge in [-0.1, -0.05) is 44.2 Å². The number of amides is 1. The molecule has 1 aromatic carbocycles. The van der Waals surface area contributed by atoms with Crippen LogP contribution in [0, 0.1) is 5.92 Å². The van der Waals surface area contributed by atoms with Crippen molar-refractivity contribution in [3.8, 4) is 0 Å². The van der Waals surface area contributed by atoms with Crippen LogP contribution in [0.5, 0.6) is 0 Å². The maximum atomic E-state index is 12.9. The fourth-order valence-corrected chi connectivity index (χ4v) is 4.33. The predicted octanol–water partition coefficient (Wildman–Crippen LogP) is 2.31. The molecular weight excluding hydrogens is 368 g/mol. The molecule has 0 aliphatic carbocycles. The lowest BCUT2D eigenvalue weighted by atomic mass is 10.0. The number of carbonyl (C=O) groups is 1. The molecule has 0 aliphatic rings. The van der Waals surface area contributed by atoms with E-state index < -0.39 is 33.0 Å². The van der Waals surface area contributed by atoms with Gasteiger partial charge in [-0.2, -0.15) is 4.31 Å². The average Bonchev–Trinajstić information content (AvgIpc) is 2.52. The highest BCUT2D eigenvalue weighted by molar-refractivity contribution is 7.90. The van der Waals surface area contributed by atoms with Crippen LogP contribution in [0.1, 0.15) is 40.2 Å². The first kappa shape index (κ1) is 23.4. The summed E-state index contributed by atoms with van der Waals surface area (Å²) in [5, 5.41) is 22.1. The second-order valence-corrected chi connectivity index (χ2v) is 10.8. The summed E-state index contributed by atoms with van der Waals surface area (Å²) in [5.74, 6) is 0.0642. The Bertz CT molecular complexity index is 699. The molecule has 0 bridgehead atoms. The van der Waals surface area contributed by atoms with Crippen LogP contribution in [0.4, 0.5) is 4.79 Å². The van der Waals surface area contributed by atoms with Crippen LogP contribution in [0.25, 0.3) is 0 Å². The number of aliphatic hydroxyl groups excluding tert-OH is 1. The van der Waals surface area contributed by atoms with Crippen LogP contribution in [0.15, 0.2) is 30.3 Å². The summed E-state index contributed by atoms with van der Waals surface area (Å²) in [5.41, 5.74) is 0.851. The van der Waals surface area contributed by atoms with Gasteiger partial charge < -0.3 is 15.5 Å². The van der Waals surface area contributed by atoms with Gasteiger partial charge >= 0.3 is 6.09 Å². The van der Waals surface area contributed by atoms with Gasteiger partial charge in [0.05, 0.1) is 16.9 Å². The molecule has 2 atom stereocenters. The zero-order chi connectivity index (χ0) is 20.8. The van der Waals surface area contributed by atoms with Crippen molar-refractivity contribution in [3.05, 3.63) is 35.9 Å². The number of hydrogen-bond acceptors (Lipinski definition) is 4.